The molecule has 0 unspecified atom stereocenters. The molecule has 0 saturated heterocycles. The van der Waals surface area contributed by atoms with Crippen LogP contribution in [0.5, 0.6) is 0 Å². The first-order chi connectivity index (χ1) is 9.87. The first-order valence-electron chi connectivity index (χ1n) is 6.76. The number of likely N-dealkylation sites (N-methyl/N-ethyl adjacent to an activating group) is 1. The molecule has 1 saturated carbocycles. The Morgan fingerprint density at radius 1 is 1.48 bits per heavy atom. The van der Waals surface area contributed by atoms with E-state index in [4.69, 9.17) is 11.6 Å². The summed E-state index contributed by atoms with van der Waals surface area (Å²) in [6.45, 7) is 0.475. The molecule has 0 atom stereocenters. The number of nitrogens with zero attached hydrogens (tertiary/aromatic N) is 2. The molecule has 1 N–H and O–H groups in total. The lowest BCUT2D eigenvalue weighted by molar-refractivity contribution is -0.385. The minimum atomic E-state index is -0.623. The minimum absolute atomic E-state index is 0.000676. The number of carbonyl (C=O) groups excluding carboxylic acids is 1. The van der Waals surface area contributed by atoms with E-state index in [1.165, 1.54) is 18.2 Å². The summed E-state index contributed by atoms with van der Waals surface area (Å²) in [7, 11) is 3.96. The molecule has 6 nitrogen and oxygen atoms in total. The fourth-order valence-corrected chi connectivity index (χ4v) is 2.83. The number of carbonyl (C=O) groups is 1. The minimum Gasteiger partial charge on any atom is -0.350 e. The van der Waals surface area contributed by atoms with E-state index >= 15 is 0 Å². The van der Waals surface area contributed by atoms with Gasteiger partial charge in [-0.05, 0) is 45.5 Å². The molecule has 21 heavy (non-hydrogen) atoms. The van der Waals surface area contributed by atoms with E-state index in [1.807, 2.05) is 14.1 Å². The van der Waals surface area contributed by atoms with E-state index in [9.17, 15) is 14.9 Å². The predicted molar refractivity (Wildman–Crippen MR) is 80.7 cm³/mol. The van der Waals surface area contributed by atoms with Crippen molar-refractivity contribution in [3.05, 3.63) is 38.9 Å². The Morgan fingerprint density at radius 2 is 2.14 bits per heavy atom. The quantitative estimate of drug-likeness (QED) is 0.669. The number of hydrogen-bond donors (Lipinski definition) is 1. The summed E-state index contributed by atoms with van der Waals surface area (Å²) < 4.78 is 0. The third kappa shape index (κ3) is 3.01. The Hall–Kier alpha value is -1.66. The molecule has 2 rings (SSSR count). The Bertz CT molecular complexity index is 571. The van der Waals surface area contributed by atoms with Gasteiger partial charge in [0.25, 0.3) is 5.91 Å². The SMILES string of the molecule is CN(C)C1(CNC(=O)c2cccc(Cl)c2[N+](=O)[O-])CCC1. The van der Waals surface area contributed by atoms with Crippen LogP contribution in [0, 0.1) is 10.1 Å². The number of nitrogens with one attached hydrogen (secondary N) is 1. The second kappa shape index (κ2) is 5.99. The van der Waals surface area contributed by atoms with Crippen molar-refractivity contribution in [2.75, 3.05) is 20.6 Å². The van der Waals surface area contributed by atoms with Crippen molar-refractivity contribution in [2.45, 2.75) is 24.8 Å². The van der Waals surface area contributed by atoms with Gasteiger partial charge in [-0.2, -0.15) is 0 Å². The van der Waals surface area contributed by atoms with Crippen LogP contribution in [0.4, 0.5) is 5.69 Å². The molecule has 1 aromatic rings. The fraction of sp³-hybridized carbons (Fsp3) is 0.500. The van der Waals surface area contributed by atoms with Gasteiger partial charge in [0.1, 0.15) is 10.6 Å². The maximum absolute atomic E-state index is 12.2. The summed E-state index contributed by atoms with van der Waals surface area (Å²) in [6, 6.07) is 4.36. The molecule has 1 aliphatic rings. The molecular weight excluding hydrogens is 294 g/mol. The molecular formula is C14H18ClN3O3. The van der Waals surface area contributed by atoms with E-state index in [0.29, 0.717) is 6.54 Å². The Balaban J connectivity index is 2.15. The van der Waals surface area contributed by atoms with Crippen LogP contribution in [-0.4, -0.2) is 41.9 Å². The maximum Gasteiger partial charge on any atom is 0.300 e. The molecule has 0 bridgehead atoms. The maximum atomic E-state index is 12.2. The average molecular weight is 312 g/mol. The normalized spacial score (nSPS) is 16.4. The van der Waals surface area contributed by atoms with Gasteiger partial charge in [0.2, 0.25) is 0 Å². The standard InChI is InChI=1S/C14H18ClN3O3/c1-17(2)14(7-4-8-14)9-16-13(19)10-5-3-6-11(15)12(10)18(20)21/h3,5-6H,4,7-9H2,1-2H3,(H,16,19). The Morgan fingerprint density at radius 3 is 2.62 bits per heavy atom. The highest BCUT2D eigenvalue weighted by molar-refractivity contribution is 6.33. The number of hydrogen-bond acceptors (Lipinski definition) is 4. The average Bonchev–Trinajstić information content (AvgIpc) is 2.35. The third-order valence-electron chi connectivity index (χ3n) is 4.22. The Labute approximate surface area is 128 Å². The van der Waals surface area contributed by atoms with Gasteiger partial charge in [-0.25, -0.2) is 0 Å². The van der Waals surface area contributed by atoms with E-state index in [0.717, 1.165) is 19.3 Å². The topological polar surface area (TPSA) is 75.5 Å². The van der Waals surface area contributed by atoms with Crippen molar-refractivity contribution in [3.8, 4) is 0 Å². The van der Waals surface area contributed by atoms with E-state index in [2.05, 4.69) is 10.2 Å². The zero-order chi connectivity index (χ0) is 15.6. The number of rotatable bonds is 5. The van der Waals surface area contributed by atoms with Crippen molar-refractivity contribution in [2.24, 2.45) is 0 Å². The summed E-state index contributed by atoms with van der Waals surface area (Å²) in [4.78, 5) is 24.8. The van der Waals surface area contributed by atoms with E-state index < -0.39 is 10.8 Å². The number of para-hydroxylation sites is 1. The molecule has 7 heteroatoms. The first-order valence-corrected chi connectivity index (χ1v) is 7.14. The molecule has 1 amide bonds. The van der Waals surface area contributed by atoms with Crippen LogP contribution in [0.15, 0.2) is 18.2 Å². The summed E-state index contributed by atoms with van der Waals surface area (Å²) >= 11 is 5.82. The highest BCUT2D eigenvalue weighted by Gasteiger charge is 2.39. The zero-order valence-electron chi connectivity index (χ0n) is 12.1. The van der Waals surface area contributed by atoms with Crippen LogP contribution in [0.3, 0.4) is 0 Å². The Kier molecular flexibility index (Phi) is 4.49. The number of nitro benzene ring substituents is 1. The lowest BCUT2D eigenvalue weighted by Gasteiger charge is -2.47. The van der Waals surface area contributed by atoms with Gasteiger partial charge in [0, 0.05) is 12.1 Å². The molecule has 1 fully saturated rings. The highest BCUT2D eigenvalue weighted by Crippen LogP contribution is 2.35. The fourth-order valence-electron chi connectivity index (χ4n) is 2.59. The van der Waals surface area contributed by atoms with Gasteiger partial charge in [-0.1, -0.05) is 17.7 Å². The predicted octanol–water partition coefficient (Wildman–Crippen LogP) is 2.46. The molecule has 1 aliphatic carbocycles. The second-order valence-electron chi connectivity index (χ2n) is 5.55. The monoisotopic (exact) mass is 311 g/mol. The number of benzene rings is 1. The first kappa shape index (κ1) is 15.7. The summed E-state index contributed by atoms with van der Waals surface area (Å²) in [5, 5.41) is 13.8. The lowest BCUT2D eigenvalue weighted by atomic mass is 9.75. The van der Waals surface area contributed by atoms with E-state index in [-0.39, 0.29) is 21.8 Å². The summed E-state index contributed by atoms with van der Waals surface area (Å²) in [5.41, 5.74) is -0.381. The molecule has 0 radical (unpaired) electrons. The van der Waals surface area contributed by atoms with Crippen LogP contribution in [0.2, 0.25) is 5.02 Å². The second-order valence-corrected chi connectivity index (χ2v) is 5.96. The summed E-state index contributed by atoms with van der Waals surface area (Å²) in [6.07, 6.45) is 3.15. The van der Waals surface area contributed by atoms with Gasteiger partial charge < -0.3 is 10.2 Å². The van der Waals surface area contributed by atoms with Gasteiger partial charge in [0.05, 0.1) is 4.92 Å². The summed E-state index contributed by atoms with van der Waals surface area (Å²) in [5.74, 6) is -0.461. The lowest BCUT2D eigenvalue weighted by Crippen LogP contribution is -2.57. The van der Waals surface area contributed by atoms with Gasteiger partial charge >= 0.3 is 5.69 Å². The highest BCUT2D eigenvalue weighted by atomic mass is 35.5. The molecule has 0 aromatic heterocycles. The molecule has 0 heterocycles. The van der Waals surface area contributed by atoms with Crippen LogP contribution in [0.25, 0.3) is 0 Å². The number of halogens is 1. The molecule has 114 valence electrons. The zero-order valence-corrected chi connectivity index (χ0v) is 12.8. The van der Waals surface area contributed by atoms with Crippen LogP contribution in [-0.2, 0) is 0 Å². The number of nitro groups is 1. The molecule has 0 aliphatic heterocycles. The van der Waals surface area contributed by atoms with Crippen LogP contribution < -0.4 is 5.32 Å². The van der Waals surface area contributed by atoms with Crippen molar-refractivity contribution in [1.82, 2.24) is 10.2 Å². The van der Waals surface area contributed by atoms with Crippen molar-refractivity contribution < 1.29 is 9.72 Å². The largest absolute Gasteiger partial charge is 0.350 e. The van der Waals surface area contributed by atoms with Gasteiger partial charge in [0.15, 0.2) is 0 Å². The van der Waals surface area contributed by atoms with E-state index in [1.54, 1.807) is 0 Å². The van der Waals surface area contributed by atoms with Crippen molar-refractivity contribution in [1.29, 1.82) is 0 Å². The number of amides is 1. The van der Waals surface area contributed by atoms with Crippen molar-refractivity contribution >= 4 is 23.2 Å². The third-order valence-corrected chi connectivity index (χ3v) is 4.53. The van der Waals surface area contributed by atoms with Crippen molar-refractivity contribution in [3.63, 3.8) is 0 Å². The van der Waals surface area contributed by atoms with Crippen LogP contribution in [0.1, 0.15) is 29.6 Å². The van der Waals surface area contributed by atoms with Gasteiger partial charge in [-0.3, -0.25) is 14.9 Å². The smallest absolute Gasteiger partial charge is 0.300 e. The van der Waals surface area contributed by atoms with Crippen LogP contribution >= 0.6 is 11.6 Å². The molecule has 1 aromatic carbocycles. The molecule has 0 spiro atoms. The van der Waals surface area contributed by atoms with Gasteiger partial charge in [-0.15, -0.1) is 0 Å².